The first-order chi connectivity index (χ1) is 9.28. The summed E-state index contributed by atoms with van der Waals surface area (Å²) in [5, 5.41) is 3.57. The Balaban J connectivity index is 2.05. The molecule has 0 aliphatic heterocycles. The van der Waals surface area contributed by atoms with Crippen molar-refractivity contribution in [1.82, 2.24) is 5.32 Å². The Labute approximate surface area is 115 Å². The van der Waals surface area contributed by atoms with Crippen molar-refractivity contribution in [3.8, 4) is 0 Å². The first-order valence-corrected chi connectivity index (χ1v) is 7.32. The zero-order valence-corrected chi connectivity index (χ0v) is 11.7. The molecule has 19 heavy (non-hydrogen) atoms. The maximum atomic E-state index is 11.7. The van der Waals surface area contributed by atoms with Crippen LogP contribution in [0.1, 0.15) is 44.6 Å². The highest BCUT2D eigenvalue weighted by atomic mass is 16.1. The fourth-order valence-corrected chi connectivity index (χ4v) is 2.59. The summed E-state index contributed by atoms with van der Waals surface area (Å²) >= 11 is 0. The number of benzene rings is 1. The molecule has 0 radical (unpaired) electrons. The summed E-state index contributed by atoms with van der Waals surface area (Å²) in [5.74, 6) is 0.205. The Bertz CT molecular complexity index is 430. The van der Waals surface area contributed by atoms with Gasteiger partial charge in [0, 0.05) is 30.7 Å². The fraction of sp³-hybridized carbons (Fsp3) is 0.471. The molecule has 0 spiro atoms. The number of rotatable bonds is 6. The lowest BCUT2D eigenvalue weighted by Gasteiger charge is -2.17. The summed E-state index contributed by atoms with van der Waals surface area (Å²) in [4.78, 5) is 11.7. The molecule has 2 rings (SSSR count). The van der Waals surface area contributed by atoms with Crippen LogP contribution in [0.4, 0.5) is 0 Å². The predicted molar refractivity (Wildman–Crippen MR) is 78.9 cm³/mol. The number of hydrogen-bond donors (Lipinski definition) is 1. The van der Waals surface area contributed by atoms with Crippen molar-refractivity contribution >= 4 is 5.78 Å². The van der Waals surface area contributed by atoms with Gasteiger partial charge in [-0.05, 0) is 18.4 Å². The lowest BCUT2D eigenvalue weighted by Crippen LogP contribution is -2.27. The Morgan fingerprint density at radius 3 is 2.58 bits per heavy atom. The fourth-order valence-electron chi connectivity index (χ4n) is 2.59. The van der Waals surface area contributed by atoms with Crippen molar-refractivity contribution in [1.29, 1.82) is 0 Å². The Morgan fingerprint density at radius 2 is 1.95 bits per heavy atom. The minimum atomic E-state index is 0.205. The van der Waals surface area contributed by atoms with E-state index < -0.39 is 0 Å². The highest BCUT2D eigenvalue weighted by Crippen LogP contribution is 2.19. The summed E-state index contributed by atoms with van der Waals surface area (Å²) in [5.41, 5.74) is 2.33. The summed E-state index contributed by atoms with van der Waals surface area (Å²) in [6.45, 7) is 1.91. The molecular weight excluding hydrogens is 234 g/mol. The van der Waals surface area contributed by atoms with Crippen LogP contribution < -0.4 is 5.32 Å². The van der Waals surface area contributed by atoms with E-state index in [2.05, 4.69) is 17.4 Å². The molecule has 0 saturated heterocycles. The van der Waals surface area contributed by atoms with Crippen LogP contribution >= 0.6 is 0 Å². The van der Waals surface area contributed by atoms with Crippen molar-refractivity contribution < 1.29 is 4.79 Å². The SMILES string of the molecule is CCC(=O)/C=C(\Cc1ccccc1)NC1CCCC1. The molecule has 1 aliphatic carbocycles. The van der Waals surface area contributed by atoms with Crippen molar-refractivity contribution in [3.05, 3.63) is 47.7 Å². The van der Waals surface area contributed by atoms with Crippen LogP contribution in [0.5, 0.6) is 0 Å². The minimum Gasteiger partial charge on any atom is -0.385 e. The van der Waals surface area contributed by atoms with Gasteiger partial charge in [0.05, 0.1) is 0 Å². The topological polar surface area (TPSA) is 29.1 Å². The van der Waals surface area contributed by atoms with Crippen LogP contribution in [0.2, 0.25) is 0 Å². The lowest BCUT2D eigenvalue weighted by atomic mass is 10.1. The van der Waals surface area contributed by atoms with Crippen LogP contribution in [0.15, 0.2) is 42.1 Å². The van der Waals surface area contributed by atoms with E-state index in [1.165, 1.54) is 31.2 Å². The standard InChI is InChI=1S/C17H23NO/c1-2-17(19)13-16(18-15-10-6-7-11-15)12-14-8-4-3-5-9-14/h3-5,8-9,13,15,18H,2,6-7,10-12H2,1H3/b16-13+. The van der Waals surface area contributed by atoms with Gasteiger partial charge >= 0.3 is 0 Å². The van der Waals surface area contributed by atoms with Crippen molar-refractivity contribution in [2.75, 3.05) is 0 Å². The van der Waals surface area contributed by atoms with Crippen LogP contribution in [0.3, 0.4) is 0 Å². The van der Waals surface area contributed by atoms with Crippen LogP contribution in [0, 0.1) is 0 Å². The van der Waals surface area contributed by atoms with E-state index in [0.29, 0.717) is 12.5 Å². The third-order valence-electron chi connectivity index (χ3n) is 3.67. The Morgan fingerprint density at radius 1 is 1.26 bits per heavy atom. The number of nitrogens with one attached hydrogen (secondary N) is 1. The zero-order chi connectivity index (χ0) is 13.5. The van der Waals surface area contributed by atoms with Gasteiger partial charge in [-0.25, -0.2) is 0 Å². The van der Waals surface area contributed by atoms with Gasteiger partial charge in [-0.2, -0.15) is 0 Å². The van der Waals surface area contributed by atoms with Gasteiger partial charge in [-0.1, -0.05) is 50.1 Å². The van der Waals surface area contributed by atoms with E-state index in [1.807, 2.05) is 25.1 Å². The molecule has 0 amide bonds. The first kappa shape index (κ1) is 13.9. The molecular formula is C17H23NO. The van der Waals surface area contributed by atoms with Crippen LogP contribution in [0.25, 0.3) is 0 Å². The number of allylic oxidation sites excluding steroid dienone is 2. The predicted octanol–water partition coefficient (Wildman–Crippen LogP) is 3.62. The maximum Gasteiger partial charge on any atom is 0.157 e. The van der Waals surface area contributed by atoms with Gasteiger partial charge in [-0.15, -0.1) is 0 Å². The summed E-state index contributed by atoms with van der Waals surface area (Å²) in [7, 11) is 0. The molecule has 0 unspecified atom stereocenters. The van der Waals surface area contributed by atoms with Crippen molar-refractivity contribution in [3.63, 3.8) is 0 Å². The third kappa shape index (κ3) is 4.55. The van der Waals surface area contributed by atoms with E-state index >= 15 is 0 Å². The second kappa shape index (κ2) is 7.13. The lowest BCUT2D eigenvalue weighted by molar-refractivity contribution is -0.114. The quantitative estimate of drug-likeness (QED) is 0.789. The number of carbonyl (C=O) groups is 1. The number of ketones is 1. The van der Waals surface area contributed by atoms with Gasteiger partial charge in [0.15, 0.2) is 5.78 Å². The Hall–Kier alpha value is -1.57. The van der Waals surface area contributed by atoms with Gasteiger partial charge < -0.3 is 5.32 Å². The van der Waals surface area contributed by atoms with Crippen molar-refractivity contribution in [2.45, 2.75) is 51.5 Å². The van der Waals surface area contributed by atoms with Gasteiger partial charge in [0.2, 0.25) is 0 Å². The molecule has 0 heterocycles. The van der Waals surface area contributed by atoms with Gasteiger partial charge in [0.25, 0.3) is 0 Å². The summed E-state index contributed by atoms with van der Waals surface area (Å²) < 4.78 is 0. The maximum absolute atomic E-state index is 11.7. The van der Waals surface area contributed by atoms with Gasteiger partial charge in [-0.3, -0.25) is 4.79 Å². The molecule has 102 valence electrons. The molecule has 0 bridgehead atoms. The average Bonchev–Trinajstić information content (AvgIpc) is 2.92. The zero-order valence-electron chi connectivity index (χ0n) is 11.7. The van der Waals surface area contributed by atoms with Crippen LogP contribution in [-0.4, -0.2) is 11.8 Å². The summed E-state index contributed by atoms with van der Waals surface area (Å²) in [6, 6.07) is 10.9. The smallest absolute Gasteiger partial charge is 0.157 e. The second-order valence-electron chi connectivity index (χ2n) is 5.28. The normalized spacial score (nSPS) is 16.6. The van der Waals surface area contributed by atoms with E-state index in [4.69, 9.17) is 0 Å². The monoisotopic (exact) mass is 257 g/mol. The minimum absolute atomic E-state index is 0.205. The van der Waals surface area contributed by atoms with E-state index in [1.54, 1.807) is 6.08 Å². The third-order valence-corrected chi connectivity index (χ3v) is 3.67. The number of hydrogen-bond acceptors (Lipinski definition) is 2. The molecule has 1 fully saturated rings. The average molecular weight is 257 g/mol. The molecule has 1 aromatic carbocycles. The van der Waals surface area contributed by atoms with E-state index in [9.17, 15) is 4.79 Å². The molecule has 2 heteroatoms. The summed E-state index contributed by atoms with van der Waals surface area (Å²) in [6.07, 6.45) is 8.26. The molecule has 1 aliphatic rings. The highest BCUT2D eigenvalue weighted by molar-refractivity contribution is 5.90. The molecule has 0 atom stereocenters. The van der Waals surface area contributed by atoms with Crippen molar-refractivity contribution in [2.24, 2.45) is 0 Å². The van der Waals surface area contributed by atoms with E-state index in [0.717, 1.165) is 12.1 Å². The molecule has 2 nitrogen and oxygen atoms in total. The molecule has 1 aromatic rings. The molecule has 0 aromatic heterocycles. The first-order valence-electron chi connectivity index (χ1n) is 7.32. The van der Waals surface area contributed by atoms with Crippen LogP contribution in [-0.2, 0) is 11.2 Å². The highest BCUT2D eigenvalue weighted by Gasteiger charge is 2.16. The second-order valence-corrected chi connectivity index (χ2v) is 5.28. The largest absolute Gasteiger partial charge is 0.385 e. The van der Waals surface area contributed by atoms with Gasteiger partial charge in [0.1, 0.15) is 0 Å². The molecule has 1 saturated carbocycles. The van der Waals surface area contributed by atoms with E-state index in [-0.39, 0.29) is 5.78 Å². The number of carbonyl (C=O) groups excluding carboxylic acids is 1. The molecule has 1 N–H and O–H groups in total. The Kier molecular flexibility index (Phi) is 5.20.